The Labute approximate surface area is 95.7 Å². The first kappa shape index (κ1) is 12.6. The summed E-state index contributed by atoms with van der Waals surface area (Å²) in [5, 5.41) is 12.1. The SMILES string of the molecule is CCC(C)(C)NCc1ccc(C(=O)O)cn1. The first-order chi connectivity index (χ1) is 7.44. The van der Waals surface area contributed by atoms with Gasteiger partial charge in [-0.15, -0.1) is 0 Å². The topological polar surface area (TPSA) is 62.2 Å². The first-order valence-electron chi connectivity index (χ1n) is 5.38. The van der Waals surface area contributed by atoms with Crippen LogP contribution in [0.4, 0.5) is 0 Å². The number of aromatic carboxylic acids is 1. The molecule has 4 nitrogen and oxygen atoms in total. The summed E-state index contributed by atoms with van der Waals surface area (Å²) < 4.78 is 0. The quantitative estimate of drug-likeness (QED) is 0.800. The molecular formula is C12H18N2O2. The highest BCUT2D eigenvalue weighted by Gasteiger charge is 2.13. The van der Waals surface area contributed by atoms with E-state index in [0.717, 1.165) is 12.1 Å². The molecular weight excluding hydrogens is 204 g/mol. The summed E-state index contributed by atoms with van der Waals surface area (Å²) in [7, 11) is 0. The minimum Gasteiger partial charge on any atom is -0.478 e. The van der Waals surface area contributed by atoms with Crippen LogP contribution in [0.5, 0.6) is 0 Å². The minimum atomic E-state index is -0.944. The average Bonchev–Trinajstić information content (AvgIpc) is 2.27. The van der Waals surface area contributed by atoms with Gasteiger partial charge in [0.15, 0.2) is 0 Å². The van der Waals surface area contributed by atoms with Gasteiger partial charge in [0, 0.05) is 18.3 Å². The predicted molar refractivity (Wildman–Crippen MR) is 62.4 cm³/mol. The van der Waals surface area contributed by atoms with Crippen molar-refractivity contribution in [3.8, 4) is 0 Å². The van der Waals surface area contributed by atoms with Crippen molar-refractivity contribution in [1.82, 2.24) is 10.3 Å². The molecule has 0 atom stereocenters. The Bertz CT molecular complexity index is 358. The molecule has 0 saturated heterocycles. The van der Waals surface area contributed by atoms with Crippen LogP contribution >= 0.6 is 0 Å². The van der Waals surface area contributed by atoms with E-state index in [4.69, 9.17) is 5.11 Å². The molecule has 1 rings (SSSR count). The van der Waals surface area contributed by atoms with Crippen molar-refractivity contribution < 1.29 is 9.90 Å². The molecule has 2 N–H and O–H groups in total. The summed E-state index contributed by atoms with van der Waals surface area (Å²) in [6.07, 6.45) is 2.42. The van der Waals surface area contributed by atoms with Gasteiger partial charge in [0.1, 0.15) is 0 Å². The molecule has 0 aliphatic heterocycles. The van der Waals surface area contributed by atoms with Crippen molar-refractivity contribution in [3.05, 3.63) is 29.6 Å². The normalized spacial score (nSPS) is 11.4. The van der Waals surface area contributed by atoms with E-state index in [1.807, 2.05) is 0 Å². The number of carboxylic acid groups (broad SMARTS) is 1. The number of hydrogen-bond acceptors (Lipinski definition) is 3. The maximum Gasteiger partial charge on any atom is 0.337 e. The second kappa shape index (κ2) is 5.07. The third-order valence-electron chi connectivity index (χ3n) is 2.70. The lowest BCUT2D eigenvalue weighted by atomic mass is 10.0. The van der Waals surface area contributed by atoms with Crippen molar-refractivity contribution >= 4 is 5.97 Å². The summed E-state index contributed by atoms with van der Waals surface area (Å²) in [4.78, 5) is 14.7. The molecule has 1 heterocycles. The first-order valence-corrected chi connectivity index (χ1v) is 5.38. The minimum absolute atomic E-state index is 0.0765. The van der Waals surface area contributed by atoms with Gasteiger partial charge in [-0.05, 0) is 32.4 Å². The predicted octanol–water partition coefficient (Wildman–Crippen LogP) is 2.06. The lowest BCUT2D eigenvalue weighted by molar-refractivity contribution is 0.0696. The Kier molecular flexibility index (Phi) is 4.01. The molecule has 0 amide bonds. The molecule has 1 aromatic heterocycles. The summed E-state index contributed by atoms with van der Waals surface area (Å²) in [6, 6.07) is 3.31. The van der Waals surface area contributed by atoms with Crippen molar-refractivity contribution in [2.45, 2.75) is 39.3 Å². The third kappa shape index (κ3) is 3.62. The summed E-state index contributed by atoms with van der Waals surface area (Å²) >= 11 is 0. The molecule has 0 saturated carbocycles. The molecule has 4 heteroatoms. The average molecular weight is 222 g/mol. The van der Waals surface area contributed by atoms with Crippen LogP contribution < -0.4 is 5.32 Å². The molecule has 0 radical (unpaired) electrons. The van der Waals surface area contributed by atoms with Gasteiger partial charge in [0.2, 0.25) is 0 Å². The lowest BCUT2D eigenvalue weighted by Crippen LogP contribution is -2.38. The van der Waals surface area contributed by atoms with Gasteiger partial charge in [-0.2, -0.15) is 0 Å². The van der Waals surface area contributed by atoms with Gasteiger partial charge in [0.05, 0.1) is 11.3 Å². The van der Waals surface area contributed by atoms with E-state index in [9.17, 15) is 4.79 Å². The highest BCUT2D eigenvalue weighted by molar-refractivity contribution is 5.87. The number of rotatable bonds is 5. The van der Waals surface area contributed by atoms with Crippen LogP contribution in [0, 0.1) is 0 Å². The molecule has 1 aromatic rings. The van der Waals surface area contributed by atoms with Crippen LogP contribution in [0.15, 0.2) is 18.3 Å². The Hall–Kier alpha value is -1.42. The lowest BCUT2D eigenvalue weighted by Gasteiger charge is -2.24. The van der Waals surface area contributed by atoms with E-state index in [2.05, 4.69) is 31.1 Å². The van der Waals surface area contributed by atoms with Crippen LogP contribution in [0.25, 0.3) is 0 Å². The largest absolute Gasteiger partial charge is 0.478 e. The molecule has 0 bridgehead atoms. The summed E-state index contributed by atoms with van der Waals surface area (Å²) in [6.45, 7) is 7.02. The number of nitrogens with one attached hydrogen (secondary N) is 1. The van der Waals surface area contributed by atoms with Crippen LogP contribution in [-0.2, 0) is 6.54 Å². The zero-order chi connectivity index (χ0) is 12.2. The smallest absolute Gasteiger partial charge is 0.337 e. The number of nitrogens with zero attached hydrogens (tertiary/aromatic N) is 1. The van der Waals surface area contributed by atoms with Gasteiger partial charge >= 0.3 is 5.97 Å². The van der Waals surface area contributed by atoms with E-state index in [1.54, 1.807) is 12.1 Å². The number of pyridine rings is 1. The fourth-order valence-corrected chi connectivity index (χ4v) is 1.11. The van der Waals surface area contributed by atoms with Gasteiger partial charge < -0.3 is 10.4 Å². The van der Waals surface area contributed by atoms with E-state index < -0.39 is 5.97 Å². The highest BCUT2D eigenvalue weighted by atomic mass is 16.4. The molecule has 0 spiro atoms. The van der Waals surface area contributed by atoms with Crippen molar-refractivity contribution in [1.29, 1.82) is 0 Å². The Morgan fingerprint density at radius 3 is 2.62 bits per heavy atom. The van der Waals surface area contributed by atoms with Crippen molar-refractivity contribution in [2.24, 2.45) is 0 Å². The zero-order valence-corrected chi connectivity index (χ0v) is 9.95. The maximum atomic E-state index is 10.6. The van der Waals surface area contributed by atoms with Gasteiger partial charge in [-0.1, -0.05) is 6.92 Å². The fraction of sp³-hybridized carbons (Fsp3) is 0.500. The van der Waals surface area contributed by atoms with Crippen molar-refractivity contribution in [2.75, 3.05) is 0 Å². The van der Waals surface area contributed by atoms with Gasteiger partial charge in [0.25, 0.3) is 0 Å². The van der Waals surface area contributed by atoms with Gasteiger partial charge in [-0.3, -0.25) is 4.98 Å². The molecule has 0 fully saturated rings. The zero-order valence-electron chi connectivity index (χ0n) is 9.95. The van der Waals surface area contributed by atoms with Crippen molar-refractivity contribution in [3.63, 3.8) is 0 Å². The van der Waals surface area contributed by atoms with Crippen LogP contribution in [0.3, 0.4) is 0 Å². The number of carboxylic acids is 1. The number of aromatic nitrogens is 1. The van der Waals surface area contributed by atoms with Crippen LogP contribution in [0.2, 0.25) is 0 Å². The maximum absolute atomic E-state index is 10.6. The monoisotopic (exact) mass is 222 g/mol. The summed E-state index contributed by atoms with van der Waals surface area (Å²) in [5.41, 5.74) is 1.15. The number of hydrogen-bond donors (Lipinski definition) is 2. The Morgan fingerprint density at radius 1 is 1.50 bits per heavy atom. The standard InChI is InChI=1S/C12H18N2O2/c1-4-12(2,3)14-8-10-6-5-9(7-13-10)11(15)16/h5-7,14H,4,8H2,1-3H3,(H,15,16). The van der Waals surface area contributed by atoms with E-state index in [1.165, 1.54) is 6.20 Å². The highest BCUT2D eigenvalue weighted by Crippen LogP contribution is 2.08. The van der Waals surface area contributed by atoms with E-state index in [-0.39, 0.29) is 11.1 Å². The summed E-state index contributed by atoms with van der Waals surface area (Å²) in [5.74, 6) is -0.944. The molecule has 0 aliphatic carbocycles. The van der Waals surface area contributed by atoms with E-state index >= 15 is 0 Å². The molecule has 0 aromatic carbocycles. The van der Waals surface area contributed by atoms with E-state index in [0.29, 0.717) is 6.54 Å². The molecule has 88 valence electrons. The second-order valence-corrected chi connectivity index (χ2v) is 4.43. The second-order valence-electron chi connectivity index (χ2n) is 4.43. The Balaban J connectivity index is 2.59. The molecule has 0 aliphatic rings. The molecule has 16 heavy (non-hydrogen) atoms. The van der Waals surface area contributed by atoms with Gasteiger partial charge in [-0.25, -0.2) is 4.79 Å². The number of carbonyl (C=O) groups is 1. The van der Waals surface area contributed by atoms with Crippen LogP contribution in [0.1, 0.15) is 43.2 Å². The van der Waals surface area contributed by atoms with Crippen LogP contribution in [-0.4, -0.2) is 21.6 Å². The molecule has 0 unspecified atom stereocenters. The third-order valence-corrected chi connectivity index (χ3v) is 2.70. The Morgan fingerprint density at radius 2 is 2.19 bits per heavy atom. The fourth-order valence-electron chi connectivity index (χ4n) is 1.11.